The van der Waals surface area contributed by atoms with Crippen LogP contribution in [0.2, 0.25) is 0 Å². The number of benzene rings is 1. The highest BCUT2D eigenvalue weighted by molar-refractivity contribution is 6.06. The van der Waals surface area contributed by atoms with Crippen LogP contribution in [0.15, 0.2) is 30.5 Å². The molecule has 1 aromatic heterocycles. The van der Waals surface area contributed by atoms with E-state index in [-0.39, 0.29) is 5.56 Å². The van der Waals surface area contributed by atoms with Gasteiger partial charge in [-0.1, -0.05) is 30.2 Å². The Morgan fingerprint density at radius 3 is 2.68 bits per heavy atom. The van der Waals surface area contributed by atoms with E-state index in [0.717, 1.165) is 11.2 Å². The molecule has 0 saturated heterocycles. The van der Waals surface area contributed by atoms with Gasteiger partial charge >= 0.3 is 5.97 Å². The van der Waals surface area contributed by atoms with Crippen LogP contribution in [0, 0.1) is 12.3 Å². The molecule has 0 radical (unpaired) electrons. The van der Waals surface area contributed by atoms with Crippen LogP contribution in [0.4, 0.5) is 5.82 Å². The molecule has 1 aromatic carbocycles. The molecule has 96 valence electrons. The highest BCUT2D eigenvalue weighted by Crippen LogP contribution is 2.26. The standard InChI is InChI=1S/C15H14N2O2/c1-3-9-17(4-2)14-12-8-6-5-7-11(12)13(10-16-14)15(18)19/h1,5-8,10H,4,9H2,2H3,(H,18,19). The van der Waals surface area contributed by atoms with Gasteiger partial charge < -0.3 is 10.0 Å². The molecule has 0 aliphatic rings. The Bertz CT molecular complexity index is 659. The first-order chi connectivity index (χ1) is 9.19. The highest BCUT2D eigenvalue weighted by Gasteiger charge is 2.15. The lowest BCUT2D eigenvalue weighted by atomic mass is 10.1. The minimum atomic E-state index is -0.977. The Morgan fingerprint density at radius 2 is 2.11 bits per heavy atom. The Kier molecular flexibility index (Phi) is 3.67. The van der Waals surface area contributed by atoms with E-state index in [0.29, 0.717) is 18.5 Å². The minimum Gasteiger partial charge on any atom is -0.478 e. The number of aromatic carboxylic acids is 1. The normalized spacial score (nSPS) is 10.1. The molecule has 4 nitrogen and oxygen atoms in total. The lowest BCUT2D eigenvalue weighted by Crippen LogP contribution is -2.24. The SMILES string of the molecule is C#CCN(CC)c1ncc(C(=O)O)c2ccccc12. The largest absolute Gasteiger partial charge is 0.478 e. The maximum absolute atomic E-state index is 11.2. The number of fused-ring (bicyclic) bond motifs is 1. The topological polar surface area (TPSA) is 53.4 Å². The zero-order valence-electron chi connectivity index (χ0n) is 10.6. The zero-order valence-corrected chi connectivity index (χ0v) is 10.6. The van der Waals surface area contributed by atoms with E-state index in [2.05, 4.69) is 10.9 Å². The van der Waals surface area contributed by atoms with E-state index in [1.807, 2.05) is 30.0 Å². The van der Waals surface area contributed by atoms with Gasteiger partial charge in [0, 0.05) is 23.5 Å². The Balaban J connectivity index is 2.68. The summed E-state index contributed by atoms with van der Waals surface area (Å²) >= 11 is 0. The van der Waals surface area contributed by atoms with Crippen molar-refractivity contribution in [2.75, 3.05) is 18.0 Å². The molecule has 2 rings (SSSR count). The molecule has 0 spiro atoms. The average molecular weight is 254 g/mol. The number of aromatic nitrogens is 1. The molecule has 0 atom stereocenters. The van der Waals surface area contributed by atoms with Crippen molar-refractivity contribution in [2.45, 2.75) is 6.92 Å². The lowest BCUT2D eigenvalue weighted by Gasteiger charge is -2.21. The monoisotopic (exact) mass is 254 g/mol. The molecule has 0 saturated carbocycles. The van der Waals surface area contributed by atoms with Gasteiger partial charge in [-0.15, -0.1) is 6.42 Å². The van der Waals surface area contributed by atoms with Gasteiger partial charge in [0.2, 0.25) is 0 Å². The number of hydrogen-bond donors (Lipinski definition) is 1. The van der Waals surface area contributed by atoms with Gasteiger partial charge in [0.1, 0.15) is 5.82 Å². The maximum atomic E-state index is 11.2. The van der Waals surface area contributed by atoms with Crippen LogP contribution in [-0.4, -0.2) is 29.1 Å². The predicted molar refractivity (Wildman–Crippen MR) is 75.4 cm³/mol. The van der Waals surface area contributed by atoms with Crippen molar-refractivity contribution >= 4 is 22.6 Å². The number of pyridine rings is 1. The first-order valence-corrected chi connectivity index (χ1v) is 5.98. The Morgan fingerprint density at radius 1 is 1.42 bits per heavy atom. The summed E-state index contributed by atoms with van der Waals surface area (Å²) in [6.07, 6.45) is 6.74. The van der Waals surface area contributed by atoms with Gasteiger partial charge in [0.15, 0.2) is 0 Å². The second kappa shape index (κ2) is 5.40. The second-order valence-electron chi connectivity index (χ2n) is 4.06. The number of hydrogen-bond acceptors (Lipinski definition) is 3. The van der Waals surface area contributed by atoms with Crippen molar-refractivity contribution in [1.82, 2.24) is 4.98 Å². The molecular weight excluding hydrogens is 240 g/mol. The van der Waals surface area contributed by atoms with Crippen molar-refractivity contribution in [1.29, 1.82) is 0 Å². The van der Waals surface area contributed by atoms with E-state index < -0.39 is 5.97 Å². The fraction of sp³-hybridized carbons (Fsp3) is 0.200. The quantitative estimate of drug-likeness (QED) is 0.851. The van der Waals surface area contributed by atoms with Crippen LogP contribution in [0.1, 0.15) is 17.3 Å². The smallest absolute Gasteiger partial charge is 0.337 e. The third-order valence-corrected chi connectivity index (χ3v) is 2.97. The molecule has 1 heterocycles. The van der Waals surface area contributed by atoms with Crippen LogP contribution >= 0.6 is 0 Å². The molecular formula is C15H14N2O2. The lowest BCUT2D eigenvalue weighted by molar-refractivity contribution is 0.0698. The van der Waals surface area contributed by atoms with E-state index in [1.165, 1.54) is 6.20 Å². The fourth-order valence-electron chi connectivity index (χ4n) is 2.05. The number of carbonyl (C=O) groups is 1. The predicted octanol–water partition coefficient (Wildman–Crippen LogP) is 2.39. The van der Waals surface area contributed by atoms with E-state index in [1.54, 1.807) is 6.07 Å². The number of carboxylic acid groups (broad SMARTS) is 1. The fourth-order valence-corrected chi connectivity index (χ4v) is 2.05. The summed E-state index contributed by atoms with van der Waals surface area (Å²) in [6, 6.07) is 7.33. The van der Waals surface area contributed by atoms with Gasteiger partial charge in [0.05, 0.1) is 12.1 Å². The van der Waals surface area contributed by atoms with Crippen molar-refractivity contribution in [3.8, 4) is 12.3 Å². The van der Waals surface area contributed by atoms with Crippen LogP contribution < -0.4 is 4.90 Å². The van der Waals surface area contributed by atoms with Gasteiger partial charge in [-0.3, -0.25) is 0 Å². The van der Waals surface area contributed by atoms with Crippen LogP contribution in [0.3, 0.4) is 0 Å². The molecule has 4 heteroatoms. The summed E-state index contributed by atoms with van der Waals surface area (Å²) < 4.78 is 0. The molecule has 19 heavy (non-hydrogen) atoms. The molecule has 0 unspecified atom stereocenters. The number of nitrogens with zero attached hydrogens (tertiary/aromatic N) is 2. The molecule has 0 aliphatic heterocycles. The first kappa shape index (κ1) is 12.9. The summed E-state index contributed by atoms with van der Waals surface area (Å²) in [5, 5.41) is 10.7. The highest BCUT2D eigenvalue weighted by atomic mass is 16.4. The third-order valence-electron chi connectivity index (χ3n) is 2.97. The number of carboxylic acids is 1. The van der Waals surface area contributed by atoms with Crippen LogP contribution in [0.25, 0.3) is 10.8 Å². The minimum absolute atomic E-state index is 0.205. The molecule has 2 aromatic rings. The van der Waals surface area contributed by atoms with Crippen LogP contribution in [-0.2, 0) is 0 Å². The van der Waals surface area contributed by atoms with Crippen molar-refractivity contribution in [2.24, 2.45) is 0 Å². The molecule has 0 aliphatic carbocycles. The van der Waals surface area contributed by atoms with Crippen molar-refractivity contribution in [3.63, 3.8) is 0 Å². The molecule has 0 bridgehead atoms. The van der Waals surface area contributed by atoms with Gasteiger partial charge in [-0.05, 0) is 6.92 Å². The molecule has 0 amide bonds. The van der Waals surface area contributed by atoms with Crippen molar-refractivity contribution < 1.29 is 9.90 Å². The number of rotatable bonds is 4. The zero-order chi connectivity index (χ0) is 13.8. The van der Waals surface area contributed by atoms with Gasteiger partial charge in [-0.25, -0.2) is 9.78 Å². The van der Waals surface area contributed by atoms with E-state index >= 15 is 0 Å². The first-order valence-electron chi connectivity index (χ1n) is 5.98. The summed E-state index contributed by atoms with van der Waals surface area (Å²) in [5.41, 5.74) is 0.205. The van der Waals surface area contributed by atoms with Gasteiger partial charge in [0.25, 0.3) is 0 Å². The van der Waals surface area contributed by atoms with Gasteiger partial charge in [-0.2, -0.15) is 0 Å². The van der Waals surface area contributed by atoms with E-state index in [9.17, 15) is 9.90 Å². The molecule has 1 N–H and O–H groups in total. The molecule has 0 fully saturated rings. The number of anilines is 1. The van der Waals surface area contributed by atoms with Crippen LogP contribution in [0.5, 0.6) is 0 Å². The second-order valence-corrected chi connectivity index (χ2v) is 4.06. The summed E-state index contributed by atoms with van der Waals surface area (Å²) in [5.74, 6) is 2.34. The maximum Gasteiger partial charge on any atom is 0.337 e. The Hall–Kier alpha value is -2.54. The summed E-state index contributed by atoms with van der Waals surface area (Å²) in [7, 11) is 0. The Labute approximate surface area is 111 Å². The summed E-state index contributed by atoms with van der Waals surface area (Å²) in [6.45, 7) is 3.15. The summed E-state index contributed by atoms with van der Waals surface area (Å²) in [4.78, 5) is 17.4. The number of terminal acetylenes is 1. The van der Waals surface area contributed by atoms with E-state index in [4.69, 9.17) is 6.42 Å². The average Bonchev–Trinajstić information content (AvgIpc) is 2.43. The van der Waals surface area contributed by atoms with Crippen molar-refractivity contribution in [3.05, 3.63) is 36.0 Å². The third kappa shape index (κ3) is 2.36.